The summed E-state index contributed by atoms with van der Waals surface area (Å²) in [4.78, 5) is 10.5. The van der Waals surface area contributed by atoms with Crippen LogP contribution >= 0.6 is 23.2 Å². The van der Waals surface area contributed by atoms with Crippen molar-refractivity contribution in [3.63, 3.8) is 0 Å². The number of halogens is 2. The van der Waals surface area contributed by atoms with E-state index in [-0.39, 0.29) is 27.2 Å². The first-order valence-corrected chi connectivity index (χ1v) is 6.74. The molecule has 0 bridgehead atoms. The molecule has 21 heavy (non-hydrogen) atoms. The molecule has 0 saturated carbocycles. The van der Waals surface area contributed by atoms with Gasteiger partial charge in [-0.3, -0.25) is 10.1 Å². The van der Waals surface area contributed by atoms with Gasteiger partial charge in [-0.15, -0.1) is 0 Å². The standard InChI is InChI=1S/C14H11Cl2NO4/c1-8(18)9-5-6-12(11(7-9)17(19)20)21-13-4-2-3-10(15)14(13)16/h2-8,18H,1H3/t8-/m0/s1. The van der Waals surface area contributed by atoms with Gasteiger partial charge in [0.2, 0.25) is 5.75 Å². The molecule has 1 N–H and O–H groups in total. The molecule has 0 saturated heterocycles. The Kier molecular flexibility index (Phi) is 4.67. The highest BCUT2D eigenvalue weighted by Crippen LogP contribution is 2.38. The van der Waals surface area contributed by atoms with Crippen LogP contribution in [0.5, 0.6) is 11.5 Å². The predicted molar refractivity (Wildman–Crippen MR) is 80.3 cm³/mol. The molecular weight excluding hydrogens is 317 g/mol. The topological polar surface area (TPSA) is 72.6 Å². The monoisotopic (exact) mass is 327 g/mol. The van der Waals surface area contributed by atoms with Crippen LogP contribution in [-0.4, -0.2) is 10.0 Å². The number of hydrogen-bond acceptors (Lipinski definition) is 4. The zero-order valence-corrected chi connectivity index (χ0v) is 12.4. The van der Waals surface area contributed by atoms with E-state index in [2.05, 4.69) is 0 Å². The molecule has 7 heteroatoms. The lowest BCUT2D eigenvalue weighted by molar-refractivity contribution is -0.385. The molecule has 0 aromatic heterocycles. The molecule has 0 aliphatic heterocycles. The fraction of sp³-hybridized carbons (Fsp3) is 0.143. The number of nitro groups is 1. The minimum absolute atomic E-state index is 0.0218. The Morgan fingerprint density at radius 3 is 2.57 bits per heavy atom. The maximum absolute atomic E-state index is 11.1. The van der Waals surface area contributed by atoms with Crippen LogP contribution in [0.3, 0.4) is 0 Å². The first-order valence-electron chi connectivity index (χ1n) is 5.98. The molecule has 0 spiro atoms. The first kappa shape index (κ1) is 15.6. The number of benzene rings is 2. The number of nitrogens with zero attached hydrogens (tertiary/aromatic N) is 1. The van der Waals surface area contributed by atoms with Gasteiger partial charge in [-0.2, -0.15) is 0 Å². The van der Waals surface area contributed by atoms with Crippen molar-refractivity contribution in [3.8, 4) is 11.5 Å². The van der Waals surface area contributed by atoms with Gasteiger partial charge in [-0.1, -0.05) is 35.3 Å². The maximum atomic E-state index is 11.1. The summed E-state index contributed by atoms with van der Waals surface area (Å²) >= 11 is 11.9. The smallest absolute Gasteiger partial charge is 0.311 e. The van der Waals surface area contributed by atoms with Crippen LogP contribution in [-0.2, 0) is 0 Å². The lowest BCUT2D eigenvalue weighted by atomic mass is 10.1. The number of aliphatic hydroxyl groups is 1. The second-order valence-corrected chi connectivity index (χ2v) is 5.10. The van der Waals surface area contributed by atoms with Gasteiger partial charge in [-0.05, 0) is 30.7 Å². The second-order valence-electron chi connectivity index (χ2n) is 4.31. The predicted octanol–water partition coefficient (Wildman–Crippen LogP) is 4.75. The summed E-state index contributed by atoms with van der Waals surface area (Å²) in [7, 11) is 0. The van der Waals surface area contributed by atoms with E-state index in [1.807, 2.05) is 0 Å². The molecule has 0 radical (unpaired) electrons. The number of nitro benzene ring substituents is 1. The van der Waals surface area contributed by atoms with Crippen LogP contribution in [0.25, 0.3) is 0 Å². The largest absolute Gasteiger partial charge is 0.449 e. The summed E-state index contributed by atoms with van der Waals surface area (Å²) in [5.74, 6) is 0.241. The molecule has 0 fully saturated rings. The zero-order valence-electron chi connectivity index (χ0n) is 10.9. The summed E-state index contributed by atoms with van der Waals surface area (Å²) < 4.78 is 5.48. The Bertz CT molecular complexity index is 689. The summed E-state index contributed by atoms with van der Waals surface area (Å²) in [5.41, 5.74) is 0.163. The Morgan fingerprint density at radius 2 is 1.95 bits per heavy atom. The quantitative estimate of drug-likeness (QED) is 0.649. The highest BCUT2D eigenvalue weighted by molar-refractivity contribution is 6.42. The average molecular weight is 328 g/mol. The van der Waals surface area contributed by atoms with E-state index in [1.165, 1.54) is 19.1 Å². The first-order chi connectivity index (χ1) is 9.90. The van der Waals surface area contributed by atoms with Crippen LogP contribution in [0.15, 0.2) is 36.4 Å². The Morgan fingerprint density at radius 1 is 1.24 bits per heavy atom. The minimum atomic E-state index is -0.812. The van der Waals surface area contributed by atoms with Crippen molar-refractivity contribution >= 4 is 28.9 Å². The van der Waals surface area contributed by atoms with Gasteiger partial charge in [0, 0.05) is 6.07 Å². The van der Waals surface area contributed by atoms with E-state index in [9.17, 15) is 15.2 Å². The molecule has 1 atom stereocenters. The van der Waals surface area contributed by atoms with Crippen molar-refractivity contribution < 1.29 is 14.8 Å². The van der Waals surface area contributed by atoms with Gasteiger partial charge < -0.3 is 9.84 Å². The summed E-state index contributed by atoms with van der Waals surface area (Å²) in [6.45, 7) is 1.52. The molecule has 5 nitrogen and oxygen atoms in total. The highest BCUT2D eigenvalue weighted by atomic mass is 35.5. The molecule has 0 aliphatic rings. The van der Waals surface area contributed by atoms with E-state index in [1.54, 1.807) is 24.3 Å². The van der Waals surface area contributed by atoms with Gasteiger partial charge in [-0.25, -0.2) is 0 Å². The van der Waals surface area contributed by atoms with Crippen molar-refractivity contribution in [1.29, 1.82) is 0 Å². The Balaban J connectivity index is 2.44. The fourth-order valence-electron chi connectivity index (χ4n) is 1.70. The third-order valence-electron chi connectivity index (χ3n) is 2.80. The van der Waals surface area contributed by atoms with Crippen LogP contribution in [0, 0.1) is 10.1 Å². The Hall–Kier alpha value is -1.82. The average Bonchev–Trinajstić information content (AvgIpc) is 2.43. The molecular formula is C14H11Cl2NO4. The van der Waals surface area contributed by atoms with Crippen molar-refractivity contribution in [2.45, 2.75) is 13.0 Å². The van der Waals surface area contributed by atoms with Gasteiger partial charge in [0.15, 0.2) is 0 Å². The minimum Gasteiger partial charge on any atom is -0.449 e. The third-order valence-corrected chi connectivity index (χ3v) is 3.60. The van der Waals surface area contributed by atoms with E-state index in [4.69, 9.17) is 27.9 Å². The lowest BCUT2D eigenvalue weighted by Gasteiger charge is -2.10. The molecule has 2 aromatic rings. The molecule has 2 rings (SSSR count). The second kappa shape index (κ2) is 6.30. The van der Waals surface area contributed by atoms with E-state index in [0.29, 0.717) is 5.56 Å². The van der Waals surface area contributed by atoms with Crippen molar-refractivity contribution in [1.82, 2.24) is 0 Å². The van der Waals surface area contributed by atoms with Crippen molar-refractivity contribution in [2.24, 2.45) is 0 Å². The lowest BCUT2D eigenvalue weighted by Crippen LogP contribution is -1.97. The SMILES string of the molecule is C[C@H](O)c1ccc(Oc2cccc(Cl)c2Cl)c([N+](=O)[O-])c1. The zero-order chi connectivity index (χ0) is 15.6. The number of rotatable bonds is 4. The van der Waals surface area contributed by atoms with Crippen molar-refractivity contribution in [3.05, 3.63) is 62.1 Å². The van der Waals surface area contributed by atoms with E-state index in [0.717, 1.165) is 0 Å². The number of hydrogen-bond donors (Lipinski definition) is 1. The van der Waals surface area contributed by atoms with Crippen LogP contribution in [0.4, 0.5) is 5.69 Å². The molecule has 0 amide bonds. The molecule has 110 valence electrons. The van der Waals surface area contributed by atoms with Crippen LogP contribution < -0.4 is 4.74 Å². The normalized spacial score (nSPS) is 12.0. The molecule has 0 unspecified atom stereocenters. The third kappa shape index (κ3) is 3.44. The van der Waals surface area contributed by atoms with Crippen LogP contribution in [0.2, 0.25) is 10.0 Å². The van der Waals surface area contributed by atoms with E-state index < -0.39 is 11.0 Å². The van der Waals surface area contributed by atoms with Crippen LogP contribution in [0.1, 0.15) is 18.6 Å². The summed E-state index contributed by atoms with van der Waals surface area (Å²) in [6, 6.07) is 8.99. The number of ether oxygens (including phenoxy) is 1. The van der Waals surface area contributed by atoms with Gasteiger partial charge in [0.25, 0.3) is 0 Å². The van der Waals surface area contributed by atoms with E-state index >= 15 is 0 Å². The van der Waals surface area contributed by atoms with Crippen molar-refractivity contribution in [2.75, 3.05) is 0 Å². The summed E-state index contributed by atoms with van der Waals surface area (Å²) in [5, 5.41) is 21.1. The maximum Gasteiger partial charge on any atom is 0.311 e. The van der Waals surface area contributed by atoms with Gasteiger partial charge in [0.1, 0.15) is 10.8 Å². The van der Waals surface area contributed by atoms with Gasteiger partial charge >= 0.3 is 5.69 Å². The van der Waals surface area contributed by atoms with Gasteiger partial charge in [0.05, 0.1) is 16.0 Å². The molecule has 0 heterocycles. The Labute approximate surface area is 130 Å². The summed E-state index contributed by atoms with van der Waals surface area (Å²) in [6.07, 6.45) is -0.812. The molecule has 2 aromatic carbocycles. The molecule has 0 aliphatic carbocycles. The fourth-order valence-corrected chi connectivity index (χ4v) is 2.03. The highest BCUT2D eigenvalue weighted by Gasteiger charge is 2.19. The number of aliphatic hydroxyl groups excluding tert-OH is 1.